The maximum Gasteiger partial charge on any atom is 0.243 e. The van der Waals surface area contributed by atoms with Gasteiger partial charge in [-0.1, -0.05) is 15.9 Å². The monoisotopic (exact) mass is 437 g/mol. The molecule has 0 N–H and O–H groups in total. The molecule has 0 radical (unpaired) electrons. The fourth-order valence-electron chi connectivity index (χ4n) is 3.52. The van der Waals surface area contributed by atoms with Crippen LogP contribution in [0, 0.1) is 0 Å². The highest BCUT2D eigenvalue weighted by atomic mass is 79.9. The Hall–Kier alpha value is -1.57. The lowest BCUT2D eigenvalue weighted by molar-refractivity contribution is 0.296. The van der Waals surface area contributed by atoms with Gasteiger partial charge in [0.2, 0.25) is 10.0 Å². The smallest absolute Gasteiger partial charge is 0.243 e. The number of ether oxygens (including phenoxy) is 2. The zero-order chi connectivity index (χ0) is 18.3. The van der Waals surface area contributed by atoms with Gasteiger partial charge < -0.3 is 9.47 Å². The second-order valence-electron chi connectivity index (χ2n) is 6.54. The van der Waals surface area contributed by atoms with Gasteiger partial charge in [-0.3, -0.25) is 0 Å². The average molecular weight is 438 g/mol. The maximum atomic E-state index is 13.1. The van der Waals surface area contributed by atoms with E-state index in [0.29, 0.717) is 36.8 Å². The highest BCUT2D eigenvalue weighted by Gasteiger charge is 2.35. The van der Waals surface area contributed by atoms with Crippen LogP contribution >= 0.6 is 15.9 Å². The number of nitrogens with zero attached hydrogens (tertiary/aromatic N) is 1. The molecule has 138 valence electrons. The zero-order valence-electron chi connectivity index (χ0n) is 14.4. The molecule has 0 amide bonds. The van der Waals surface area contributed by atoms with Gasteiger partial charge in [-0.05, 0) is 60.9 Å². The molecule has 2 heterocycles. The molecule has 4 rings (SSSR count). The van der Waals surface area contributed by atoms with E-state index in [1.807, 2.05) is 19.1 Å². The Morgan fingerprint density at radius 2 is 1.73 bits per heavy atom. The number of hydrogen-bond donors (Lipinski definition) is 0. The molecule has 2 aliphatic heterocycles. The molecule has 26 heavy (non-hydrogen) atoms. The van der Waals surface area contributed by atoms with Crippen molar-refractivity contribution >= 4 is 26.0 Å². The summed E-state index contributed by atoms with van der Waals surface area (Å²) in [6, 6.07) is 10.5. The van der Waals surface area contributed by atoms with Gasteiger partial charge >= 0.3 is 0 Å². The molecule has 2 aromatic rings. The van der Waals surface area contributed by atoms with E-state index in [0.717, 1.165) is 27.8 Å². The Bertz CT molecular complexity index is 927. The third-order valence-corrected chi connectivity index (χ3v) is 7.43. The Morgan fingerprint density at radius 3 is 2.42 bits per heavy atom. The van der Waals surface area contributed by atoms with E-state index >= 15 is 0 Å². The number of benzene rings is 2. The van der Waals surface area contributed by atoms with Crippen LogP contribution in [0.1, 0.15) is 30.5 Å². The quantitative estimate of drug-likeness (QED) is 0.714. The Balaban J connectivity index is 1.70. The van der Waals surface area contributed by atoms with Crippen molar-refractivity contribution in [2.45, 2.75) is 30.7 Å². The summed E-state index contributed by atoms with van der Waals surface area (Å²) in [5.74, 6) is 1.47. The fourth-order valence-corrected chi connectivity index (χ4v) is 5.40. The number of sulfonamides is 1. The van der Waals surface area contributed by atoms with E-state index in [-0.39, 0.29) is 6.04 Å². The van der Waals surface area contributed by atoms with Crippen LogP contribution in [0.4, 0.5) is 0 Å². The van der Waals surface area contributed by atoms with Crippen LogP contribution in [-0.4, -0.2) is 32.5 Å². The van der Waals surface area contributed by atoms with E-state index < -0.39 is 10.0 Å². The maximum absolute atomic E-state index is 13.1. The van der Waals surface area contributed by atoms with Crippen molar-refractivity contribution in [3.8, 4) is 11.5 Å². The van der Waals surface area contributed by atoms with Crippen LogP contribution in [0.25, 0.3) is 0 Å². The molecule has 7 heteroatoms. The minimum atomic E-state index is -3.56. The third kappa shape index (κ3) is 3.12. The molecule has 0 saturated carbocycles. The van der Waals surface area contributed by atoms with E-state index in [1.165, 1.54) is 0 Å². The first-order chi connectivity index (χ1) is 12.5. The summed E-state index contributed by atoms with van der Waals surface area (Å²) >= 11 is 3.35. The van der Waals surface area contributed by atoms with Crippen molar-refractivity contribution < 1.29 is 17.9 Å². The molecular weight excluding hydrogens is 418 g/mol. The molecular formula is C19H20BrNO4S. The topological polar surface area (TPSA) is 55.8 Å². The molecule has 0 spiro atoms. The van der Waals surface area contributed by atoms with Crippen molar-refractivity contribution in [3.63, 3.8) is 0 Å². The molecule has 5 nitrogen and oxygen atoms in total. The molecule has 1 atom stereocenters. The van der Waals surface area contributed by atoms with Gasteiger partial charge in [-0.15, -0.1) is 0 Å². The molecule has 0 aromatic heterocycles. The number of halogens is 1. The standard InChI is InChI=1S/C19H20BrNO4S/c1-13-17-12-19-18(24-9-2-10-25-19)11-14(17)7-8-21(13)26(22,23)16-5-3-15(20)4-6-16/h3-6,11-13H,2,7-10H2,1H3. The van der Waals surface area contributed by atoms with Gasteiger partial charge in [0, 0.05) is 23.5 Å². The van der Waals surface area contributed by atoms with Crippen molar-refractivity contribution in [1.29, 1.82) is 0 Å². The van der Waals surface area contributed by atoms with Gasteiger partial charge in [0.1, 0.15) is 0 Å². The van der Waals surface area contributed by atoms with Gasteiger partial charge in [0.15, 0.2) is 11.5 Å². The van der Waals surface area contributed by atoms with E-state index in [1.54, 1.807) is 28.6 Å². The van der Waals surface area contributed by atoms with Crippen LogP contribution in [-0.2, 0) is 16.4 Å². The molecule has 1 unspecified atom stereocenters. The molecule has 2 aromatic carbocycles. The third-order valence-electron chi connectivity index (χ3n) is 4.91. The molecule has 2 aliphatic rings. The minimum Gasteiger partial charge on any atom is -0.490 e. The first-order valence-electron chi connectivity index (χ1n) is 8.66. The normalized spacial score (nSPS) is 20.3. The lowest BCUT2D eigenvalue weighted by Crippen LogP contribution is -2.38. The Morgan fingerprint density at radius 1 is 1.08 bits per heavy atom. The first kappa shape index (κ1) is 17.8. The van der Waals surface area contributed by atoms with Gasteiger partial charge in [0.25, 0.3) is 0 Å². The summed E-state index contributed by atoms with van der Waals surface area (Å²) in [5.41, 5.74) is 2.12. The van der Waals surface area contributed by atoms with Crippen molar-refractivity contribution in [1.82, 2.24) is 4.31 Å². The lowest BCUT2D eigenvalue weighted by atomic mass is 9.94. The van der Waals surface area contributed by atoms with Gasteiger partial charge in [-0.25, -0.2) is 8.42 Å². The molecule has 0 saturated heterocycles. The summed E-state index contributed by atoms with van der Waals surface area (Å²) in [7, 11) is -3.56. The Kier molecular flexibility index (Phi) is 4.71. The summed E-state index contributed by atoms with van der Waals surface area (Å²) in [6.07, 6.45) is 1.51. The van der Waals surface area contributed by atoms with Crippen LogP contribution in [0.5, 0.6) is 11.5 Å². The van der Waals surface area contributed by atoms with Crippen molar-refractivity contribution in [2.75, 3.05) is 19.8 Å². The zero-order valence-corrected chi connectivity index (χ0v) is 16.8. The molecule has 0 fully saturated rings. The average Bonchev–Trinajstić information content (AvgIpc) is 2.85. The second-order valence-corrected chi connectivity index (χ2v) is 9.35. The highest BCUT2D eigenvalue weighted by molar-refractivity contribution is 9.10. The predicted molar refractivity (Wildman–Crippen MR) is 102 cm³/mol. The van der Waals surface area contributed by atoms with E-state index in [2.05, 4.69) is 15.9 Å². The summed E-state index contributed by atoms with van der Waals surface area (Å²) in [6.45, 7) is 3.64. The summed E-state index contributed by atoms with van der Waals surface area (Å²) in [4.78, 5) is 0.311. The fraction of sp³-hybridized carbons (Fsp3) is 0.368. The highest BCUT2D eigenvalue weighted by Crippen LogP contribution is 2.40. The molecule has 0 bridgehead atoms. The predicted octanol–water partition coefficient (Wildman–Crippen LogP) is 3.92. The summed E-state index contributed by atoms with van der Waals surface area (Å²) < 4.78 is 40.2. The van der Waals surface area contributed by atoms with Gasteiger partial charge in [0.05, 0.1) is 18.1 Å². The van der Waals surface area contributed by atoms with Crippen LogP contribution in [0.2, 0.25) is 0 Å². The van der Waals surface area contributed by atoms with Crippen molar-refractivity contribution in [3.05, 3.63) is 52.0 Å². The van der Waals surface area contributed by atoms with Gasteiger partial charge in [-0.2, -0.15) is 4.31 Å². The van der Waals surface area contributed by atoms with Crippen LogP contribution in [0.3, 0.4) is 0 Å². The molecule has 0 aliphatic carbocycles. The number of hydrogen-bond acceptors (Lipinski definition) is 4. The Labute approximate surface area is 162 Å². The van der Waals surface area contributed by atoms with Crippen LogP contribution < -0.4 is 9.47 Å². The van der Waals surface area contributed by atoms with E-state index in [9.17, 15) is 8.42 Å². The van der Waals surface area contributed by atoms with E-state index in [4.69, 9.17) is 9.47 Å². The second kappa shape index (κ2) is 6.87. The largest absolute Gasteiger partial charge is 0.490 e. The van der Waals surface area contributed by atoms with Crippen molar-refractivity contribution in [2.24, 2.45) is 0 Å². The lowest BCUT2D eigenvalue weighted by Gasteiger charge is -2.34. The van der Waals surface area contributed by atoms with Crippen LogP contribution in [0.15, 0.2) is 45.8 Å². The first-order valence-corrected chi connectivity index (χ1v) is 10.9. The number of fused-ring (bicyclic) bond motifs is 2. The number of rotatable bonds is 2. The minimum absolute atomic E-state index is 0.260. The SMILES string of the molecule is CC1c2cc3c(cc2CCN1S(=O)(=O)c1ccc(Br)cc1)OCCCO3. The summed E-state index contributed by atoms with van der Waals surface area (Å²) in [5, 5.41) is 0.